The molecule has 0 unspecified atom stereocenters. The van der Waals surface area contributed by atoms with E-state index in [9.17, 15) is 34.5 Å². The van der Waals surface area contributed by atoms with E-state index in [0.717, 1.165) is 0 Å². The number of morpholine rings is 1. The van der Waals surface area contributed by atoms with Crippen LogP contribution in [-0.2, 0) is 58.6 Å². The summed E-state index contributed by atoms with van der Waals surface area (Å²) in [7, 11) is 2.87. The Hall–Kier alpha value is -4.16. The van der Waals surface area contributed by atoms with E-state index in [1.165, 1.54) is 32.4 Å². The van der Waals surface area contributed by atoms with Crippen molar-refractivity contribution in [1.29, 1.82) is 0 Å². The predicted octanol–water partition coefficient (Wildman–Crippen LogP) is 0.250. The number of ether oxygens (including phenoxy) is 10. The standard InChI is InChI=1S/C43H57N3O17/c1-23-39-27(46-9-12-60-41(55-3)40(46)63-39)19-30(61-23)62-29-21-43(53,42(52)45-22-24(47)7-10-56-13-15-58-17-18-59-16-14-57-11-8-44)20-26-32(29)38(51)34-33(36(26)49)35(48)25-5-4-6-28(54-2)31(25)37(34)50/h4-6,23,27,29-30,39-41,49,51,53H,7-22,44H2,1-3H3,(H,45,52)/t23-,27-,29-,30-,39+,40+,41-,43-/m0/s1. The van der Waals surface area contributed by atoms with Gasteiger partial charge in [0.2, 0.25) is 5.78 Å². The Morgan fingerprint density at radius 2 is 1.60 bits per heavy atom. The molecule has 63 heavy (non-hydrogen) atoms. The number of carbonyl (C=O) groups excluding carboxylic acids is 4. The number of benzene rings is 2. The highest BCUT2D eigenvalue weighted by molar-refractivity contribution is 6.31. The molecule has 20 nitrogen and oxygen atoms in total. The number of aromatic hydroxyl groups is 2. The first-order valence-corrected chi connectivity index (χ1v) is 21.2. The summed E-state index contributed by atoms with van der Waals surface area (Å²) in [5.41, 5.74) is 1.65. The fraction of sp³-hybridized carbons (Fsp3) is 0.628. The van der Waals surface area contributed by atoms with Gasteiger partial charge in [-0.1, -0.05) is 12.1 Å². The van der Waals surface area contributed by atoms with Crippen molar-refractivity contribution in [2.45, 2.75) is 81.4 Å². The average molecular weight is 888 g/mol. The third-order valence-electron chi connectivity index (χ3n) is 12.0. The minimum absolute atomic E-state index is 0.0411. The molecule has 2 aromatic carbocycles. The Labute approximate surface area is 364 Å². The van der Waals surface area contributed by atoms with E-state index < -0.39 is 96.1 Å². The lowest BCUT2D eigenvalue weighted by atomic mass is 9.72. The van der Waals surface area contributed by atoms with Gasteiger partial charge >= 0.3 is 0 Å². The molecule has 3 heterocycles. The Bertz CT molecular complexity index is 2000. The monoisotopic (exact) mass is 887 g/mol. The Balaban J connectivity index is 1.05. The van der Waals surface area contributed by atoms with Crippen LogP contribution in [0.4, 0.5) is 0 Å². The summed E-state index contributed by atoms with van der Waals surface area (Å²) in [5, 5.41) is 38.6. The fourth-order valence-corrected chi connectivity index (χ4v) is 8.97. The van der Waals surface area contributed by atoms with Gasteiger partial charge in [0.1, 0.15) is 29.0 Å². The number of hydrogen-bond acceptors (Lipinski definition) is 19. The molecule has 8 atom stereocenters. The molecule has 2 aliphatic carbocycles. The lowest BCUT2D eigenvalue weighted by Gasteiger charge is -2.43. The van der Waals surface area contributed by atoms with Crippen molar-refractivity contribution in [2.24, 2.45) is 5.73 Å². The normalized spacial score (nSPS) is 27.5. The molecule has 0 spiro atoms. The molecule has 0 saturated carbocycles. The van der Waals surface area contributed by atoms with E-state index in [0.29, 0.717) is 52.7 Å². The molecule has 3 fully saturated rings. The number of ketones is 3. The minimum atomic E-state index is -2.34. The van der Waals surface area contributed by atoms with Crippen LogP contribution < -0.4 is 15.8 Å². The Morgan fingerprint density at radius 3 is 2.29 bits per heavy atom. The van der Waals surface area contributed by atoms with Crippen LogP contribution in [0.5, 0.6) is 17.2 Å². The third kappa shape index (κ3) is 9.77. The highest BCUT2D eigenvalue weighted by atomic mass is 16.7. The van der Waals surface area contributed by atoms with Gasteiger partial charge in [-0.3, -0.25) is 24.1 Å². The maximum atomic E-state index is 14.2. The van der Waals surface area contributed by atoms with Crippen molar-refractivity contribution in [2.75, 3.05) is 93.3 Å². The van der Waals surface area contributed by atoms with Crippen molar-refractivity contribution in [3.8, 4) is 17.2 Å². The van der Waals surface area contributed by atoms with Gasteiger partial charge in [0.05, 0.1) is 102 Å². The van der Waals surface area contributed by atoms with Gasteiger partial charge in [0.15, 0.2) is 30.4 Å². The number of rotatable bonds is 21. The summed E-state index contributed by atoms with van der Waals surface area (Å²) in [6.45, 7) is 5.42. The number of phenols is 2. The number of hydrogen-bond donors (Lipinski definition) is 5. The van der Waals surface area contributed by atoms with Crippen molar-refractivity contribution < 1.29 is 81.9 Å². The van der Waals surface area contributed by atoms with Gasteiger partial charge in [-0.15, -0.1) is 0 Å². The minimum Gasteiger partial charge on any atom is -0.507 e. The topological polar surface area (TPSA) is 263 Å². The molecular weight excluding hydrogens is 830 g/mol. The Morgan fingerprint density at radius 1 is 0.921 bits per heavy atom. The number of phenolic OH excluding ortho intramolecular Hbond substituents is 2. The molecule has 3 aliphatic heterocycles. The molecule has 1 amide bonds. The smallest absolute Gasteiger partial charge is 0.252 e. The molecule has 3 saturated heterocycles. The van der Waals surface area contributed by atoms with Crippen LogP contribution in [0.3, 0.4) is 0 Å². The first-order chi connectivity index (χ1) is 30.4. The molecule has 0 aromatic heterocycles. The zero-order valence-corrected chi connectivity index (χ0v) is 35.7. The maximum Gasteiger partial charge on any atom is 0.252 e. The van der Waals surface area contributed by atoms with Crippen molar-refractivity contribution in [3.05, 3.63) is 51.6 Å². The SMILES string of the molecule is COc1cccc2c1C(=O)c1c(O)c3c(c(O)c1C2=O)C[C@@](O)(C(=O)NCC(=O)CCOCCOCCOCCOCCN)C[C@@H]3O[C@H]1C[C@H]2[C@H](O[C@@H]3[C@@H](OC)OCCN32)[C@H](C)O1. The van der Waals surface area contributed by atoms with Crippen LogP contribution in [0.25, 0.3) is 0 Å². The van der Waals surface area contributed by atoms with Crippen molar-refractivity contribution in [3.63, 3.8) is 0 Å². The molecule has 20 heteroatoms. The van der Waals surface area contributed by atoms with Gasteiger partial charge in [0.25, 0.3) is 5.91 Å². The predicted molar refractivity (Wildman–Crippen MR) is 217 cm³/mol. The highest BCUT2D eigenvalue weighted by Gasteiger charge is 2.55. The Kier molecular flexibility index (Phi) is 15.4. The molecule has 0 radical (unpaired) electrons. The lowest BCUT2D eigenvalue weighted by molar-refractivity contribution is -0.256. The largest absolute Gasteiger partial charge is 0.507 e. The summed E-state index contributed by atoms with van der Waals surface area (Å²) in [6, 6.07) is 4.20. The third-order valence-corrected chi connectivity index (χ3v) is 12.0. The van der Waals surface area contributed by atoms with Crippen LogP contribution in [0.15, 0.2) is 18.2 Å². The van der Waals surface area contributed by atoms with Gasteiger partial charge in [-0.2, -0.15) is 0 Å². The van der Waals surface area contributed by atoms with E-state index in [-0.39, 0.29) is 78.6 Å². The van der Waals surface area contributed by atoms with Crippen molar-refractivity contribution in [1.82, 2.24) is 10.2 Å². The summed E-state index contributed by atoms with van der Waals surface area (Å²) < 4.78 is 57.4. The van der Waals surface area contributed by atoms with Crippen LogP contribution in [0.2, 0.25) is 0 Å². The number of nitrogens with zero attached hydrogens (tertiary/aromatic N) is 1. The fourth-order valence-electron chi connectivity index (χ4n) is 8.97. The van der Waals surface area contributed by atoms with E-state index in [1.54, 1.807) is 0 Å². The highest BCUT2D eigenvalue weighted by Crippen LogP contribution is 2.53. The molecule has 2 aromatic rings. The number of Topliss-reactive ketones (excluding diaryl/α,β-unsaturated/α-hetero) is 1. The van der Waals surface area contributed by atoms with E-state index in [2.05, 4.69) is 10.2 Å². The summed E-state index contributed by atoms with van der Waals surface area (Å²) in [5.74, 6) is -4.16. The lowest BCUT2D eigenvalue weighted by Crippen LogP contribution is -2.55. The zero-order chi connectivity index (χ0) is 44.8. The average Bonchev–Trinajstić information content (AvgIpc) is 3.66. The van der Waals surface area contributed by atoms with Crippen LogP contribution >= 0.6 is 0 Å². The molecule has 346 valence electrons. The van der Waals surface area contributed by atoms with Gasteiger partial charge in [-0.05, 0) is 13.0 Å². The van der Waals surface area contributed by atoms with Gasteiger partial charge in [0, 0.05) is 68.6 Å². The number of carbonyl (C=O) groups is 4. The maximum absolute atomic E-state index is 14.2. The van der Waals surface area contributed by atoms with E-state index >= 15 is 0 Å². The number of fused-ring (bicyclic) bond motifs is 6. The first kappa shape index (κ1) is 46.8. The second-order valence-electron chi connectivity index (χ2n) is 15.9. The molecule has 7 rings (SSSR count). The second kappa shape index (κ2) is 20.8. The van der Waals surface area contributed by atoms with Gasteiger partial charge < -0.3 is 73.7 Å². The number of aliphatic hydroxyl groups is 1. The molecule has 6 N–H and O–H groups in total. The quantitative estimate of drug-likeness (QED) is 0.0709. The van der Waals surface area contributed by atoms with E-state index in [4.69, 9.17) is 53.1 Å². The first-order valence-electron chi connectivity index (χ1n) is 21.2. The molecule has 5 aliphatic rings. The van der Waals surface area contributed by atoms with Gasteiger partial charge in [-0.25, -0.2) is 0 Å². The summed E-state index contributed by atoms with van der Waals surface area (Å²) in [6.07, 6.45) is -5.28. The molecular formula is C43H57N3O17. The summed E-state index contributed by atoms with van der Waals surface area (Å²) >= 11 is 0. The zero-order valence-electron chi connectivity index (χ0n) is 35.7. The van der Waals surface area contributed by atoms with E-state index in [1.807, 2.05) is 6.92 Å². The number of nitrogens with two attached hydrogens (primary N) is 1. The summed E-state index contributed by atoms with van der Waals surface area (Å²) in [4.78, 5) is 57.0. The van der Waals surface area contributed by atoms with Crippen LogP contribution in [0.1, 0.15) is 75.3 Å². The van der Waals surface area contributed by atoms with Crippen LogP contribution in [0, 0.1) is 0 Å². The number of amides is 1. The number of methoxy groups -OCH3 is 2. The number of nitrogens with one attached hydrogen (secondary N) is 1. The second-order valence-corrected chi connectivity index (χ2v) is 15.9. The van der Waals surface area contributed by atoms with Crippen molar-refractivity contribution >= 4 is 23.3 Å². The van der Waals surface area contributed by atoms with Crippen LogP contribution in [-0.4, -0.2) is 179 Å². The molecule has 0 bridgehead atoms.